The molecule has 1 aliphatic rings. The summed E-state index contributed by atoms with van der Waals surface area (Å²) in [6.45, 7) is 4.97. The van der Waals surface area contributed by atoms with Gasteiger partial charge in [-0.2, -0.15) is 0 Å². The molecule has 0 saturated heterocycles. The third kappa shape index (κ3) is 3.94. The molecule has 1 unspecified atom stereocenters. The molecule has 1 aliphatic heterocycles. The fourth-order valence-corrected chi connectivity index (χ4v) is 4.16. The van der Waals surface area contributed by atoms with E-state index in [2.05, 4.69) is 24.0 Å². The summed E-state index contributed by atoms with van der Waals surface area (Å²) in [4.78, 5) is 15.6. The third-order valence-electron chi connectivity index (χ3n) is 6.08. The topological polar surface area (TPSA) is 61.1 Å². The van der Waals surface area contributed by atoms with Crippen LogP contribution in [0.15, 0.2) is 75.9 Å². The zero-order valence-electron chi connectivity index (χ0n) is 18.8. The van der Waals surface area contributed by atoms with Gasteiger partial charge in [-0.15, -0.1) is 0 Å². The first-order valence-electron chi connectivity index (χ1n) is 10.9. The first-order chi connectivity index (χ1) is 16.0. The molecule has 6 heteroatoms. The molecule has 6 nitrogen and oxygen atoms in total. The van der Waals surface area contributed by atoms with Gasteiger partial charge in [0.1, 0.15) is 35.3 Å². The molecular weight excluding hydrogens is 418 g/mol. The highest BCUT2D eigenvalue weighted by Crippen LogP contribution is 2.36. The summed E-state index contributed by atoms with van der Waals surface area (Å²) in [6, 6.07) is 21.1. The lowest BCUT2D eigenvalue weighted by Gasteiger charge is -2.34. The molecule has 1 aromatic heterocycles. The van der Waals surface area contributed by atoms with E-state index in [1.807, 2.05) is 36.4 Å². The molecule has 0 spiro atoms. The normalized spacial score (nSPS) is 14.4. The standard InChI is InChI=1S/C27H25NO5/c1-17(19-8-5-4-6-9-19)28-15-23-24(31-16-28)13-12-22-25(29)26(18(2)32-27(22)23)33-21-11-7-10-20(14-21)30-3/h4-14,17H,15-16H2,1-3H3. The van der Waals surface area contributed by atoms with E-state index in [0.29, 0.717) is 41.5 Å². The highest BCUT2D eigenvalue weighted by molar-refractivity contribution is 5.83. The van der Waals surface area contributed by atoms with E-state index in [4.69, 9.17) is 18.6 Å². The lowest BCUT2D eigenvalue weighted by molar-refractivity contribution is 0.0620. The van der Waals surface area contributed by atoms with Gasteiger partial charge in [-0.25, -0.2) is 0 Å². The van der Waals surface area contributed by atoms with Crippen LogP contribution in [-0.4, -0.2) is 18.7 Å². The van der Waals surface area contributed by atoms with E-state index < -0.39 is 0 Å². The first kappa shape index (κ1) is 21.1. The van der Waals surface area contributed by atoms with Crippen LogP contribution in [-0.2, 0) is 6.54 Å². The van der Waals surface area contributed by atoms with Crippen molar-refractivity contribution in [3.05, 3.63) is 93.8 Å². The zero-order valence-corrected chi connectivity index (χ0v) is 18.8. The average molecular weight is 443 g/mol. The van der Waals surface area contributed by atoms with Crippen molar-refractivity contribution in [1.82, 2.24) is 4.90 Å². The van der Waals surface area contributed by atoms with Crippen LogP contribution in [0.4, 0.5) is 0 Å². The summed E-state index contributed by atoms with van der Waals surface area (Å²) >= 11 is 0. The van der Waals surface area contributed by atoms with Crippen molar-refractivity contribution in [3.8, 4) is 23.0 Å². The van der Waals surface area contributed by atoms with Crippen LogP contribution in [0, 0.1) is 6.92 Å². The predicted molar refractivity (Wildman–Crippen MR) is 126 cm³/mol. The lowest BCUT2D eigenvalue weighted by atomic mass is 10.0. The molecule has 5 rings (SSSR count). The summed E-state index contributed by atoms with van der Waals surface area (Å²) in [7, 11) is 1.59. The van der Waals surface area contributed by atoms with E-state index in [0.717, 1.165) is 11.3 Å². The summed E-state index contributed by atoms with van der Waals surface area (Å²) < 4.78 is 23.4. The molecule has 168 valence electrons. The van der Waals surface area contributed by atoms with E-state index in [1.54, 1.807) is 32.2 Å². The van der Waals surface area contributed by atoms with Crippen molar-refractivity contribution in [2.75, 3.05) is 13.8 Å². The number of hydrogen-bond donors (Lipinski definition) is 0. The van der Waals surface area contributed by atoms with Crippen LogP contribution in [0.5, 0.6) is 23.0 Å². The number of benzene rings is 3. The Morgan fingerprint density at radius 2 is 1.79 bits per heavy atom. The Bertz CT molecular complexity index is 1360. The van der Waals surface area contributed by atoms with Gasteiger partial charge in [0, 0.05) is 18.7 Å². The predicted octanol–water partition coefficient (Wildman–Crippen LogP) is 5.82. The van der Waals surface area contributed by atoms with Crippen LogP contribution in [0.3, 0.4) is 0 Å². The number of rotatable bonds is 5. The van der Waals surface area contributed by atoms with Gasteiger partial charge >= 0.3 is 0 Å². The highest BCUT2D eigenvalue weighted by atomic mass is 16.5. The van der Waals surface area contributed by atoms with Crippen LogP contribution in [0.2, 0.25) is 0 Å². The van der Waals surface area contributed by atoms with Crippen molar-refractivity contribution in [2.45, 2.75) is 26.4 Å². The monoisotopic (exact) mass is 443 g/mol. The zero-order chi connectivity index (χ0) is 22.9. The van der Waals surface area contributed by atoms with Gasteiger partial charge in [0.2, 0.25) is 11.2 Å². The molecule has 2 heterocycles. The van der Waals surface area contributed by atoms with E-state index >= 15 is 0 Å². The Balaban J connectivity index is 1.52. The van der Waals surface area contributed by atoms with E-state index in [9.17, 15) is 4.79 Å². The summed E-state index contributed by atoms with van der Waals surface area (Å²) in [5.74, 6) is 2.48. The molecule has 0 fully saturated rings. The van der Waals surface area contributed by atoms with Gasteiger partial charge in [0.15, 0.2) is 0 Å². The Morgan fingerprint density at radius 1 is 1.00 bits per heavy atom. The Morgan fingerprint density at radius 3 is 2.58 bits per heavy atom. The van der Waals surface area contributed by atoms with Crippen molar-refractivity contribution in [3.63, 3.8) is 0 Å². The summed E-state index contributed by atoms with van der Waals surface area (Å²) in [5, 5.41) is 0.468. The number of fused-ring (bicyclic) bond motifs is 3. The highest BCUT2D eigenvalue weighted by Gasteiger charge is 2.27. The van der Waals surface area contributed by atoms with Crippen molar-refractivity contribution >= 4 is 11.0 Å². The van der Waals surface area contributed by atoms with Crippen LogP contribution in [0.25, 0.3) is 11.0 Å². The quantitative estimate of drug-likeness (QED) is 0.388. The van der Waals surface area contributed by atoms with Gasteiger partial charge in [0.25, 0.3) is 0 Å². The van der Waals surface area contributed by atoms with Gasteiger partial charge in [-0.1, -0.05) is 36.4 Å². The van der Waals surface area contributed by atoms with Gasteiger partial charge in [0.05, 0.1) is 18.1 Å². The minimum Gasteiger partial charge on any atom is -0.497 e. The molecule has 4 aromatic rings. The fourth-order valence-electron chi connectivity index (χ4n) is 4.16. The van der Waals surface area contributed by atoms with Crippen molar-refractivity contribution < 1.29 is 18.6 Å². The largest absolute Gasteiger partial charge is 0.497 e. The Kier molecular flexibility index (Phi) is 5.52. The Labute approximate surface area is 191 Å². The van der Waals surface area contributed by atoms with E-state index in [1.165, 1.54) is 5.56 Å². The Hall–Kier alpha value is -3.77. The molecule has 33 heavy (non-hydrogen) atoms. The second-order valence-electron chi connectivity index (χ2n) is 8.12. The smallest absolute Gasteiger partial charge is 0.235 e. The lowest BCUT2D eigenvalue weighted by Crippen LogP contribution is -2.34. The number of nitrogens with zero attached hydrogens (tertiary/aromatic N) is 1. The average Bonchev–Trinajstić information content (AvgIpc) is 2.86. The molecule has 1 atom stereocenters. The maximum Gasteiger partial charge on any atom is 0.235 e. The molecule has 0 saturated carbocycles. The number of methoxy groups -OCH3 is 1. The van der Waals surface area contributed by atoms with Gasteiger partial charge in [-0.3, -0.25) is 9.69 Å². The molecule has 3 aromatic carbocycles. The maximum absolute atomic E-state index is 13.4. The second kappa shape index (κ2) is 8.64. The van der Waals surface area contributed by atoms with Gasteiger partial charge < -0.3 is 18.6 Å². The molecule has 0 N–H and O–H groups in total. The third-order valence-corrected chi connectivity index (χ3v) is 6.08. The molecule has 0 bridgehead atoms. The molecule has 0 radical (unpaired) electrons. The number of hydrogen-bond acceptors (Lipinski definition) is 6. The van der Waals surface area contributed by atoms with Gasteiger partial charge in [-0.05, 0) is 43.7 Å². The van der Waals surface area contributed by atoms with E-state index in [-0.39, 0.29) is 17.2 Å². The van der Waals surface area contributed by atoms with Crippen LogP contribution >= 0.6 is 0 Å². The molecule has 0 aliphatic carbocycles. The van der Waals surface area contributed by atoms with Crippen molar-refractivity contribution in [2.24, 2.45) is 0 Å². The second-order valence-corrected chi connectivity index (χ2v) is 8.12. The van der Waals surface area contributed by atoms with Crippen molar-refractivity contribution in [1.29, 1.82) is 0 Å². The van der Waals surface area contributed by atoms with Crippen LogP contribution < -0.4 is 19.6 Å². The summed E-state index contributed by atoms with van der Waals surface area (Å²) in [6.07, 6.45) is 0. The summed E-state index contributed by atoms with van der Waals surface area (Å²) in [5.41, 5.74) is 2.40. The fraction of sp³-hybridized carbons (Fsp3) is 0.222. The first-order valence-corrected chi connectivity index (χ1v) is 10.9. The molecular formula is C27H25NO5. The number of ether oxygens (including phenoxy) is 3. The SMILES string of the molecule is COc1cccc(Oc2c(C)oc3c4c(ccc3c2=O)OCN(C(C)c2ccccc2)C4)c1. The minimum absolute atomic E-state index is 0.151. The maximum atomic E-state index is 13.4. The molecule has 0 amide bonds. The van der Waals surface area contributed by atoms with Crippen LogP contribution in [0.1, 0.15) is 29.9 Å². The minimum atomic E-state index is -0.215. The number of aryl methyl sites for hydroxylation is 1.